The standard InChI is InChI=1S/C10H18N2O4S/c1-7(2)17(15,16)5-4-11-8-6-9(13)12(3)10(8)14/h7-8,11H,4-6H2,1-3H3. The van der Waals surface area contributed by atoms with Crippen LogP contribution in [0.1, 0.15) is 20.3 Å². The van der Waals surface area contributed by atoms with E-state index in [-0.39, 0.29) is 30.5 Å². The van der Waals surface area contributed by atoms with Gasteiger partial charge in [0, 0.05) is 13.6 Å². The maximum absolute atomic E-state index is 11.5. The first-order chi connectivity index (χ1) is 7.75. The molecule has 0 radical (unpaired) electrons. The summed E-state index contributed by atoms with van der Waals surface area (Å²) < 4.78 is 23.0. The van der Waals surface area contributed by atoms with Crippen LogP contribution in [0.3, 0.4) is 0 Å². The Labute approximate surface area is 101 Å². The lowest BCUT2D eigenvalue weighted by molar-refractivity contribution is -0.137. The van der Waals surface area contributed by atoms with Crippen LogP contribution in [0.15, 0.2) is 0 Å². The molecule has 0 aromatic heterocycles. The summed E-state index contributed by atoms with van der Waals surface area (Å²) in [6.45, 7) is 3.43. The zero-order valence-electron chi connectivity index (χ0n) is 10.3. The molecule has 1 heterocycles. The minimum Gasteiger partial charge on any atom is -0.304 e. The molecule has 0 spiro atoms. The smallest absolute Gasteiger partial charge is 0.246 e. The minimum atomic E-state index is -3.11. The third-order valence-corrected chi connectivity index (χ3v) is 5.09. The molecule has 6 nitrogen and oxygen atoms in total. The highest BCUT2D eigenvalue weighted by Crippen LogP contribution is 2.10. The number of carbonyl (C=O) groups excluding carboxylic acids is 2. The van der Waals surface area contributed by atoms with Gasteiger partial charge in [-0.25, -0.2) is 8.42 Å². The molecule has 0 aromatic rings. The largest absolute Gasteiger partial charge is 0.304 e. The molecule has 1 N–H and O–H groups in total. The van der Waals surface area contributed by atoms with Gasteiger partial charge in [-0.2, -0.15) is 0 Å². The van der Waals surface area contributed by atoms with Crippen molar-refractivity contribution in [2.24, 2.45) is 0 Å². The molecule has 7 heteroatoms. The Hall–Kier alpha value is -0.950. The fraction of sp³-hybridized carbons (Fsp3) is 0.800. The quantitative estimate of drug-likeness (QED) is 0.653. The van der Waals surface area contributed by atoms with Crippen molar-refractivity contribution in [3.05, 3.63) is 0 Å². The first-order valence-electron chi connectivity index (χ1n) is 5.51. The number of amides is 2. The van der Waals surface area contributed by atoms with Crippen LogP contribution in [0.25, 0.3) is 0 Å². The number of hydrogen-bond donors (Lipinski definition) is 1. The lowest BCUT2D eigenvalue weighted by Gasteiger charge is -2.12. The molecular weight excluding hydrogens is 244 g/mol. The molecular formula is C10H18N2O4S. The van der Waals surface area contributed by atoms with E-state index in [1.165, 1.54) is 7.05 Å². The van der Waals surface area contributed by atoms with Crippen LogP contribution in [0.4, 0.5) is 0 Å². The normalized spacial score (nSPS) is 21.6. The number of nitrogens with one attached hydrogen (secondary N) is 1. The van der Waals surface area contributed by atoms with Crippen LogP contribution in [0.5, 0.6) is 0 Å². The van der Waals surface area contributed by atoms with Gasteiger partial charge in [-0.3, -0.25) is 14.5 Å². The molecule has 0 bridgehead atoms. The topological polar surface area (TPSA) is 83.6 Å². The van der Waals surface area contributed by atoms with Gasteiger partial charge in [0.25, 0.3) is 0 Å². The van der Waals surface area contributed by atoms with Gasteiger partial charge in [0.2, 0.25) is 11.8 Å². The summed E-state index contributed by atoms with van der Waals surface area (Å²) in [6.07, 6.45) is 0.108. The Morgan fingerprint density at radius 3 is 2.41 bits per heavy atom. The van der Waals surface area contributed by atoms with Crippen LogP contribution < -0.4 is 5.32 Å². The van der Waals surface area contributed by atoms with Gasteiger partial charge in [0.05, 0.1) is 23.5 Å². The molecule has 98 valence electrons. The van der Waals surface area contributed by atoms with Crippen LogP contribution in [0.2, 0.25) is 0 Å². The molecule has 0 aliphatic carbocycles. The van der Waals surface area contributed by atoms with Gasteiger partial charge >= 0.3 is 0 Å². The lowest BCUT2D eigenvalue weighted by atomic mass is 10.2. The van der Waals surface area contributed by atoms with Crippen LogP contribution in [0, 0.1) is 0 Å². The van der Waals surface area contributed by atoms with Crippen molar-refractivity contribution in [1.29, 1.82) is 0 Å². The number of imide groups is 1. The lowest BCUT2D eigenvalue weighted by Crippen LogP contribution is -2.39. The molecule has 2 amide bonds. The predicted octanol–water partition coefficient (Wildman–Crippen LogP) is -0.843. The highest BCUT2D eigenvalue weighted by atomic mass is 32.2. The zero-order chi connectivity index (χ0) is 13.2. The van der Waals surface area contributed by atoms with E-state index in [9.17, 15) is 18.0 Å². The van der Waals surface area contributed by atoms with Crippen LogP contribution in [-0.4, -0.2) is 55.8 Å². The number of likely N-dealkylation sites (tertiary alicyclic amines) is 1. The van der Waals surface area contributed by atoms with E-state index in [1.54, 1.807) is 13.8 Å². The zero-order valence-corrected chi connectivity index (χ0v) is 11.1. The van der Waals surface area contributed by atoms with Gasteiger partial charge in [-0.15, -0.1) is 0 Å². The van der Waals surface area contributed by atoms with Crippen molar-refractivity contribution in [3.63, 3.8) is 0 Å². The molecule has 17 heavy (non-hydrogen) atoms. The van der Waals surface area contributed by atoms with E-state index in [0.29, 0.717) is 0 Å². The fourth-order valence-corrected chi connectivity index (χ4v) is 2.40. The molecule has 1 fully saturated rings. The van der Waals surface area contributed by atoms with Gasteiger partial charge in [0.15, 0.2) is 9.84 Å². The summed E-state index contributed by atoms with van der Waals surface area (Å²) in [6, 6.07) is -0.574. The van der Waals surface area contributed by atoms with Crippen molar-refractivity contribution >= 4 is 21.7 Å². The highest BCUT2D eigenvalue weighted by Gasteiger charge is 2.35. The summed E-state index contributed by atoms with van der Waals surface area (Å²) >= 11 is 0. The molecule has 1 rings (SSSR count). The maximum atomic E-state index is 11.5. The molecule has 1 atom stereocenters. The van der Waals surface area contributed by atoms with Crippen molar-refractivity contribution < 1.29 is 18.0 Å². The van der Waals surface area contributed by atoms with Gasteiger partial charge in [-0.1, -0.05) is 0 Å². The number of rotatable bonds is 5. The molecule has 1 aliphatic rings. The molecule has 1 aliphatic heterocycles. The molecule has 1 saturated heterocycles. The van der Waals surface area contributed by atoms with E-state index >= 15 is 0 Å². The SMILES string of the molecule is CC(C)S(=O)(=O)CCNC1CC(=O)N(C)C1=O. The van der Waals surface area contributed by atoms with Gasteiger partial charge < -0.3 is 5.32 Å². The van der Waals surface area contributed by atoms with Crippen molar-refractivity contribution in [2.45, 2.75) is 31.6 Å². The second-order valence-corrected chi connectivity index (χ2v) is 7.09. The average Bonchev–Trinajstić information content (AvgIpc) is 2.46. The highest BCUT2D eigenvalue weighted by molar-refractivity contribution is 7.92. The first kappa shape index (κ1) is 14.1. The van der Waals surface area contributed by atoms with E-state index < -0.39 is 21.1 Å². The maximum Gasteiger partial charge on any atom is 0.246 e. The number of sulfone groups is 1. The Morgan fingerprint density at radius 2 is 2.00 bits per heavy atom. The first-order valence-corrected chi connectivity index (χ1v) is 7.22. The van der Waals surface area contributed by atoms with Crippen LogP contribution >= 0.6 is 0 Å². The molecule has 0 saturated carbocycles. The van der Waals surface area contributed by atoms with E-state index in [2.05, 4.69) is 5.32 Å². The second kappa shape index (κ2) is 5.14. The third-order valence-electron chi connectivity index (χ3n) is 2.88. The summed E-state index contributed by atoms with van der Waals surface area (Å²) in [5.74, 6) is -0.553. The minimum absolute atomic E-state index is 0.0215. The number of carbonyl (C=O) groups is 2. The number of hydrogen-bond acceptors (Lipinski definition) is 5. The summed E-state index contributed by atoms with van der Waals surface area (Å²) in [5.41, 5.74) is 0. The van der Waals surface area contributed by atoms with Crippen LogP contribution in [-0.2, 0) is 19.4 Å². The third kappa shape index (κ3) is 3.26. The predicted molar refractivity (Wildman–Crippen MR) is 63.1 cm³/mol. The van der Waals surface area contributed by atoms with Crippen molar-refractivity contribution in [2.75, 3.05) is 19.3 Å². The number of likely N-dealkylation sites (N-methyl/N-ethyl adjacent to an activating group) is 1. The molecule has 0 aromatic carbocycles. The average molecular weight is 262 g/mol. The van der Waals surface area contributed by atoms with E-state index in [4.69, 9.17) is 0 Å². The Morgan fingerprint density at radius 1 is 1.41 bits per heavy atom. The summed E-state index contributed by atoms with van der Waals surface area (Å²) in [7, 11) is -1.68. The molecule has 1 unspecified atom stereocenters. The van der Waals surface area contributed by atoms with Crippen molar-refractivity contribution in [1.82, 2.24) is 10.2 Å². The van der Waals surface area contributed by atoms with E-state index in [1.807, 2.05) is 0 Å². The summed E-state index contributed by atoms with van der Waals surface area (Å²) in [4.78, 5) is 23.8. The van der Waals surface area contributed by atoms with Crippen molar-refractivity contribution in [3.8, 4) is 0 Å². The Bertz CT molecular complexity index is 416. The Kier molecular flexibility index (Phi) is 4.26. The summed E-state index contributed by atoms with van der Waals surface area (Å²) in [5, 5.41) is 2.39. The van der Waals surface area contributed by atoms with E-state index in [0.717, 1.165) is 4.90 Å². The monoisotopic (exact) mass is 262 g/mol. The Balaban J connectivity index is 2.44. The van der Waals surface area contributed by atoms with Gasteiger partial charge in [0.1, 0.15) is 0 Å². The van der Waals surface area contributed by atoms with Gasteiger partial charge in [-0.05, 0) is 13.8 Å². The number of nitrogens with zero attached hydrogens (tertiary/aromatic N) is 1. The fourth-order valence-electron chi connectivity index (χ4n) is 1.53. The second-order valence-electron chi connectivity index (χ2n) is 4.42.